The molecule has 2 heteroatoms. The van der Waals surface area contributed by atoms with E-state index in [9.17, 15) is 4.79 Å². The molecule has 0 bridgehead atoms. The Kier molecular flexibility index (Phi) is 3.89. The van der Waals surface area contributed by atoms with E-state index >= 15 is 0 Å². The summed E-state index contributed by atoms with van der Waals surface area (Å²) in [4.78, 5) is 10.7. The molecule has 18 heavy (non-hydrogen) atoms. The highest BCUT2D eigenvalue weighted by Crippen LogP contribution is 2.37. The molecule has 1 aromatic rings. The molecule has 0 saturated heterocycles. The van der Waals surface area contributed by atoms with Gasteiger partial charge in [-0.15, -0.1) is 0 Å². The van der Waals surface area contributed by atoms with Gasteiger partial charge in [0, 0.05) is 5.56 Å². The molecule has 0 heterocycles. The molecule has 1 aromatic carbocycles. The van der Waals surface area contributed by atoms with Gasteiger partial charge in [0.05, 0.1) is 0 Å². The first-order valence-corrected chi connectivity index (χ1v) is 6.33. The van der Waals surface area contributed by atoms with Gasteiger partial charge in [0.25, 0.3) is 6.47 Å². The van der Waals surface area contributed by atoms with Crippen LogP contribution in [-0.4, -0.2) is 6.47 Å². The first-order chi connectivity index (χ1) is 8.07. The maximum atomic E-state index is 10.7. The van der Waals surface area contributed by atoms with Crippen LogP contribution in [0.5, 0.6) is 5.75 Å². The summed E-state index contributed by atoms with van der Waals surface area (Å²) in [6.07, 6.45) is 0. The number of hydrogen-bond acceptors (Lipinski definition) is 2. The summed E-state index contributed by atoms with van der Waals surface area (Å²) in [6.45, 7) is 15.5. The van der Waals surface area contributed by atoms with Crippen LogP contribution in [0.2, 0.25) is 0 Å². The molecule has 0 spiro atoms. The third-order valence-electron chi connectivity index (χ3n) is 3.11. The fourth-order valence-corrected chi connectivity index (χ4v) is 1.97. The Hall–Kier alpha value is -1.31. The number of aryl methyl sites for hydroxylation is 1. The van der Waals surface area contributed by atoms with Crippen molar-refractivity contribution in [3.8, 4) is 5.75 Å². The third-order valence-corrected chi connectivity index (χ3v) is 3.11. The summed E-state index contributed by atoms with van der Waals surface area (Å²) < 4.78 is 5.18. The minimum absolute atomic E-state index is 0.0512. The van der Waals surface area contributed by atoms with Crippen molar-refractivity contribution >= 4 is 6.47 Å². The van der Waals surface area contributed by atoms with E-state index in [4.69, 9.17) is 4.74 Å². The largest absolute Gasteiger partial charge is 0.428 e. The number of rotatable bonds is 2. The van der Waals surface area contributed by atoms with Gasteiger partial charge in [0.15, 0.2) is 0 Å². The average molecular weight is 248 g/mol. The molecular formula is C16H24O2. The second kappa shape index (κ2) is 4.75. The molecule has 0 radical (unpaired) electrons. The van der Waals surface area contributed by atoms with Crippen LogP contribution in [0.3, 0.4) is 0 Å². The fourth-order valence-electron chi connectivity index (χ4n) is 1.97. The lowest BCUT2D eigenvalue weighted by Gasteiger charge is -2.27. The number of hydrogen-bond donors (Lipinski definition) is 0. The smallest absolute Gasteiger partial charge is 0.298 e. The van der Waals surface area contributed by atoms with Crippen LogP contribution in [0, 0.1) is 6.92 Å². The first kappa shape index (κ1) is 14.7. The Morgan fingerprint density at radius 2 is 1.56 bits per heavy atom. The van der Waals surface area contributed by atoms with Crippen molar-refractivity contribution < 1.29 is 9.53 Å². The zero-order valence-corrected chi connectivity index (χ0v) is 12.5. The minimum Gasteiger partial charge on any atom is -0.428 e. The van der Waals surface area contributed by atoms with Gasteiger partial charge >= 0.3 is 0 Å². The number of benzene rings is 1. The molecule has 0 aliphatic rings. The van der Waals surface area contributed by atoms with E-state index in [1.807, 2.05) is 6.92 Å². The summed E-state index contributed by atoms with van der Waals surface area (Å²) in [6, 6.07) is 4.26. The highest BCUT2D eigenvalue weighted by atomic mass is 16.5. The van der Waals surface area contributed by atoms with Gasteiger partial charge in [0.2, 0.25) is 0 Å². The average Bonchev–Trinajstić information content (AvgIpc) is 2.17. The molecular weight excluding hydrogens is 224 g/mol. The van der Waals surface area contributed by atoms with Crippen molar-refractivity contribution in [2.75, 3.05) is 0 Å². The second-order valence-corrected chi connectivity index (χ2v) is 6.88. The number of carbonyl (C=O) groups is 1. The second-order valence-electron chi connectivity index (χ2n) is 6.88. The monoisotopic (exact) mass is 248 g/mol. The van der Waals surface area contributed by atoms with Crippen LogP contribution in [0.1, 0.15) is 58.2 Å². The van der Waals surface area contributed by atoms with Crippen molar-refractivity contribution in [3.05, 3.63) is 28.8 Å². The predicted octanol–water partition coefficient (Wildman–Crippen LogP) is 4.13. The molecule has 0 aromatic heterocycles. The minimum atomic E-state index is -0.0512. The van der Waals surface area contributed by atoms with E-state index in [0.29, 0.717) is 12.2 Å². The fraction of sp³-hybridized carbons (Fsp3) is 0.562. The van der Waals surface area contributed by atoms with Crippen LogP contribution in [0.15, 0.2) is 12.1 Å². The lowest BCUT2D eigenvalue weighted by atomic mass is 9.79. The summed E-state index contributed by atoms with van der Waals surface area (Å²) in [5.41, 5.74) is 3.40. The Bertz CT molecular complexity index is 445. The molecule has 0 unspecified atom stereocenters. The van der Waals surface area contributed by atoms with Gasteiger partial charge < -0.3 is 4.74 Å². The van der Waals surface area contributed by atoms with E-state index in [1.165, 1.54) is 5.56 Å². The van der Waals surface area contributed by atoms with E-state index in [2.05, 4.69) is 53.7 Å². The molecule has 0 saturated carbocycles. The van der Waals surface area contributed by atoms with Crippen LogP contribution in [0.25, 0.3) is 0 Å². The molecule has 100 valence electrons. The van der Waals surface area contributed by atoms with Gasteiger partial charge in [-0.1, -0.05) is 53.7 Å². The third kappa shape index (κ3) is 3.12. The number of ether oxygens (including phenoxy) is 1. The van der Waals surface area contributed by atoms with Crippen molar-refractivity contribution in [1.29, 1.82) is 0 Å². The molecule has 0 atom stereocenters. The topological polar surface area (TPSA) is 26.3 Å². The van der Waals surface area contributed by atoms with E-state index < -0.39 is 0 Å². The standard InChI is InChI=1S/C16H24O2/c1-11-8-12(15(2,3)4)9-13(16(5,6)7)14(11)18-10-17/h8-10H,1-7H3. The Labute approximate surface area is 110 Å². The van der Waals surface area contributed by atoms with Gasteiger partial charge in [-0.05, 0) is 28.9 Å². The van der Waals surface area contributed by atoms with Crippen LogP contribution in [-0.2, 0) is 15.6 Å². The van der Waals surface area contributed by atoms with Crippen molar-refractivity contribution in [2.45, 2.75) is 59.3 Å². The Balaban J connectivity index is 3.52. The van der Waals surface area contributed by atoms with Gasteiger partial charge in [-0.25, -0.2) is 0 Å². The van der Waals surface area contributed by atoms with Gasteiger partial charge in [-0.2, -0.15) is 0 Å². The zero-order chi connectivity index (χ0) is 14.1. The van der Waals surface area contributed by atoms with Crippen molar-refractivity contribution in [1.82, 2.24) is 0 Å². The maximum absolute atomic E-state index is 10.7. The van der Waals surface area contributed by atoms with Crippen LogP contribution >= 0.6 is 0 Å². The normalized spacial score (nSPS) is 12.4. The number of carbonyl (C=O) groups excluding carboxylic acids is 1. The van der Waals surface area contributed by atoms with Crippen molar-refractivity contribution in [2.24, 2.45) is 0 Å². The summed E-state index contributed by atoms with van der Waals surface area (Å²) in [7, 11) is 0. The zero-order valence-electron chi connectivity index (χ0n) is 12.5. The van der Waals surface area contributed by atoms with Crippen molar-refractivity contribution in [3.63, 3.8) is 0 Å². The first-order valence-electron chi connectivity index (χ1n) is 6.33. The van der Waals surface area contributed by atoms with Crippen LogP contribution < -0.4 is 4.74 Å². The van der Waals surface area contributed by atoms with E-state index in [0.717, 1.165) is 11.1 Å². The predicted molar refractivity (Wildman–Crippen MR) is 75.3 cm³/mol. The lowest BCUT2D eigenvalue weighted by Crippen LogP contribution is -2.18. The Morgan fingerprint density at radius 3 is 1.94 bits per heavy atom. The highest BCUT2D eigenvalue weighted by molar-refractivity contribution is 5.55. The molecule has 0 N–H and O–H groups in total. The van der Waals surface area contributed by atoms with Gasteiger partial charge in [-0.3, -0.25) is 4.79 Å². The molecule has 0 aliphatic carbocycles. The summed E-state index contributed by atoms with van der Waals surface area (Å²) in [5, 5.41) is 0. The lowest BCUT2D eigenvalue weighted by molar-refractivity contribution is -0.120. The Morgan fingerprint density at radius 1 is 1.00 bits per heavy atom. The SMILES string of the molecule is Cc1cc(C(C)(C)C)cc(C(C)(C)C)c1OC=O. The molecule has 0 fully saturated rings. The molecule has 0 amide bonds. The van der Waals surface area contributed by atoms with Crippen LogP contribution in [0.4, 0.5) is 0 Å². The molecule has 2 nitrogen and oxygen atoms in total. The maximum Gasteiger partial charge on any atom is 0.298 e. The highest BCUT2D eigenvalue weighted by Gasteiger charge is 2.24. The van der Waals surface area contributed by atoms with E-state index in [1.54, 1.807) is 0 Å². The summed E-state index contributed by atoms with van der Waals surface area (Å²) >= 11 is 0. The summed E-state index contributed by atoms with van der Waals surface area (Å²) in [5.74, 6) is 0.700. The molecule has 1 rings (SSSR count). The molecule has 0 aliphatic heterocycles. The van der Waals surface area contributed by atoms with E-state index in [-0.39, 0.29) is 10.8 Å². The van der Waals surface area contributed by atoms with Gasteiger partial charge in [0.1, 0.15) is 5.75 Å². The quantitative estimate of drug-likeness (QED) is 0.736.